The van der Waals surface area contributed by atoms with E-state index in [0.29, 0.717) is 40.4 Å². The Hall–Kier alpha value is -3.08. The van der Waals surface area contributed by atoms with Crippen molar-refractivity contribution in [1.82, 2.24) is 24.8 Å². The first-order chi connectivity index (χ1) is 16.3. The van der Waals surface area contributed by atoms with Crippen molar-refractivity contribution >= 4 is 61.8 Å². The van der Waals surface area contributed by atoms with Gasteiger partial charge in [0.05, 0.1) is 44.2 Å². The maximum Gasteiger partial charge on any atom is 0.337 e. The number of aromatic nitrogens is 4. The molecule has 1 aliphatic rings. The van der Waals surface area contributed by atoms with E-state index in [2.05, 4.69) is 25.2 Å². The van der Waals surface area contributed by atoms with Gasteiger partial charge in [0.25, 0.3) is 5.91 Å². The molecule has 1 aliphatic heterocycles. The zero-order chi connectivity index (χ0) is 24.0. The van der Waals surface area contributed by atoms with Crippen molar-refractivity contribution in [1.29, 1.82) is 0 Å². The van der Waals surface area contributed by atoms with Crippen LogP contribution in [0.3, 0.4) is 0 Å². The molecule has 3 aromatic heterocycles. The zero-order valence-corrected chi connectivity index (χ0v) is 20.3. The number of halogens is 2. The number of amides is 1. The van der Waals surface area contributed by atoms with E-state index in [0.717, 1.165) is 5.13 Å². The van der Waals surface area contributed by atoms with E-state index in [4.69, 9.17) is 23.2 Å². The Balaban J connectivity index is 1.41. The molecular weight excluding hydrogens is 499 g/mol. The number of carboxylic acids is 1. The zero-order valence-electron chi connectivity index (χ0n) is 18.0. The minimum atomic E-state index is -0.975. The smallest absolute Gasteiger partial charge is 0.337 e. The molecule has 9 nitrogen and oxygen atoms in total. The molecule has 1 amide bonds. The van der Waals surface area contributed by atoms with E-state index in [9.17, 15) is 14.7 Å². The van der Waals surface area contributed by atoms with Gasteiger partial charge >= 0.3 is 5.97 Å². The van der Waals surface area contributed by atoms with Gasteiger partial charge in [-0.15, -0.1) is 0 Å². The lowest BCUT2D eigenvalue weighted by molar-refractivity contribution is 0.0699. The Bertz CT molecular complexity index is 1380. The van der Waals surface area contributed by atoms with E-state index in [-0.39, 0.29) is 34.3 Å². The van der Waals surface area contributed by atoms with E-state index < -0.39 is 5.97 Å². The summed E-state index contributed by atoms with van der Waals surface area (Å²) in [7, 11) is 0. The van der Waals surface area contributed by atoms with Gasteiger partial charge in [-0.2, -0.15) is 0 Å². The standard InChI is InChI=1S/C22H20Cl2N6O3S/c1-11-16(23)17(24)18(26-11)20(31)27-13-5-7-29(9-15(13)30-8-6-25-10-30)22-28-14-4-2-3-12(21(32)33)19(14)34-22/h2-4,6,8,10,13,15,26H,5,7,9H2,1H3,(H,27,31)(H,32,33). The monoisotopic (exact) mass is 518 g/mol. The fraction of sp³-hybridized carbons (Fsp3) is 0.273. The van der Waals surface area contributed by atoms with Gasteiger partial charge in [-0.1, -0.05) is 40.6 Å². The number of H-pyrrole nitrogens is 1. The predicted molar refractivity (Wildman–Crippen MR) is 131 cm³/mol. The van der Waals surface area contributed by atoms with E-state index in [1.807, 2.05) is 16.8 Å². The van der Waals surface area contributed by atoms with Gasteiger partial charge in [-0.05, 0) is 25.5 Å². The van der Waals surface area contributed by atoms with Crippen molar-refractivity contribution in [2.75, 3.05) is 18.0 Å². The number of hydrogen-bond acceptors (Lipinski definition) is 6. The van der Waals surface area contributed by atoms with Crippen molar-refractivity contribution in [3.63, 3.8) is 0 Å². The molecule has 1 aromatic carbocycles. The Morgan fingerprint density at radius 1 is 1.29 bits per heavy atom. The lowest BCUT2D eigenvalue weighted by Crippen LogP contribution is -2.51. The summed E-state index contributed by atoms with van der Waals surface area (Å²) in [5.41, 5.74) is 1.77. The Labute approximate surface area is 208 Å². The van der Waals surface area contributed by atoms with Gasteiger partial charge in [0.2, 0.25) is 0 Å². The number of aromatic amines is 1. The highest BCUT2D eigenvalue weighted by Crippen LogP contribution is 2.35. The summed E-state index contributed by atoms with van der Waals surface area (Å²) in [6.07, 6.45) is 5.91. The molecule has 2 unspecified atom stereocenters. The normalized spacial score (nSPS) is 18.4. The molecule has 4 heterocycles. The third-order valence-electron chi connectivity index (χ3n) is 5.99. The van der Waals surface area contributed by atoms with E-state index in [1.54, 1.807) is 31.6 Å². The van der Waals surface area contributed by atoms with Crippen LogP contribution in [0.5, 0.6) is 0 Å². The molecular formula is C22H20Cl2N6O3S. The predicted octanol–water partition coefficient (Wildman–Crippen LogP) is 4.38. The highest BCUT2D eigenvalue weighted by atomic mass is 35.5. The SMILES string of the molecule is Cc1[nH]c(C(=O)NC2CCN(c3nc4cccc(C(=O)O)c4s3)CC2n2ccnc2)c(Cl)c1Cl. The summed E-state index contributed by atoms with van der Waals surface area (Å²) in [6.45, 7) is 2.95. The number of imidazole rings is 1. The van der Waals surface area contributed by atoms with Gasteiger partial charge in [0.1, 0.15) is 5.69 Å². The Kier molecular flexibility index (Phi) is 5.97. The van der Waals surface area contributed by atoms with Crippen molar-refractivity contribution < 1.29 is 14.7 Å². The third-order valence-corrected chi connectivity index (χ3v) is 8.10. The first-order valence-electron chi connectivity index (χ1n) is 10.5. The van der Waals surface area contributed by atoms with Crippen molar-refractivity contribution in [3.8, 4) is 0 Å². The molecule has 1 fully saturated rings. The fourth-order valence-corrected chi connectivity index (χ4v) is 5.77. The molecule has 0 saturated carbocycles. The van der Waals surface area contributed by atoms with Gasteiger partial charge in [0.15, 0.2) is 5.13 Å². The number of nitrogens with zero attached hydrogens (tertiary/aromatic N) is 4. The molecule has 12 heteroatoms. The highest BCUT2D eigenvalue weighted by Gasteiger charge is 2.34. The molecule has 2 atom stereocenters. The second-order valence-electron chi connectivity index (χ2n) is 8.10. The van der Waals surface area contributed by atoms with Crippen LogP contribution in [0, 0.1) is 6.92 Å². The maximum atomic E-state index is 13.0. The number of carbonyl (C=O) groups excluding carboxylic acids is 1. The van der Waals surface area contributed by atoms with Crippen LogP contribution in [-0.4, -0.2) is 55.6 Å². The molecule has 3 N–H and O–H groups in total. The number of hydrogen-bond donors (Lipinski definition) is 3. The average molecular weight is 519 g/mol. The van der Waals surface area contributed by atoms with Crippen LogP contribution in [0.4, 0.5) is 5.13 Å². The van der Waals surface area contributed by atoms with Crippen molar-refractivity contribution in [3.05, 3.63) is 63.9 Å². The molecule has 0 aliphatic carbocycles. The van der Waals surface area contributed by atoms with Crippen LogP contribution in [0.2, 0.25) is 10.0 Å². The first-order valence-corrected chi connectivity index (χ1v) is 12.1. The van der Waals surface area contributed by atoms with Gasteiger partial charge in [-0.3, -0.25) is 4.79 Å². The number of carbonyl (C=O) groups is 2. The quantitative estimate of drug-likeness (QED) is 0.360. The largest absolute Gasteiger partial charge is 0.478 e. The second kappa shape index (κ2) is 8.94. The number of carboxylic acid groups (broad SMARTS) is 1. The van der Waals surface area contributed by atoms with Crippen LogP contribution in [0.25, 0.3) is 10.2 Å². The van der Waals surface area contributed by atoms with Crippen molar-refractivity contribution in [2.45, 2.75) is 25.4 Å². The summed E-state index contributed by atoms with van der Waals surface area (Å²) in [5.74, 6) is -1.30. The summed E-state index contributed by atoms with van der Waals surface area (Å²) in [6, 6.07) is 4.78. The number of thiazole rings is 1. The molecule has 0 bridgehead atoms. The van der Waals surface area contributed by atoms with Crippen LogP contribution in [-0.2, 0) is 0 Å². The van der Waals surface area contributed by atoms with E-state index >= 15 is 0 Å². The van der Waals surface area contributed by atoms with Crippen LogP contribution in [0.15, 0.2) is 36.9 Å². The molecule has 0 radical (unpaired) electrons. The first kappa shape index (κ1) is 22.7. The van der Waals surface area contributed by atoms with Crippen molar-refractivity contribution in [2.24, 2.45) is 0 Å². The van der Waals surface area contributed by atoms with Gasteiger partial charge < -0.3 is 24.9 Å². The van der Waals surface area contributed by atoms with Crippen LogP contribution >= 0.6 is 34.5 Å². The number of aryl methyl sites for hydroxylation is 1. The molecule has 0 spiro atoms. The second-order valence-corrected chi connectivity index (χ2v) is 9.83. The summed E-state index contributed by atoms with van der Waals surface area (Å²) in [4.78, 5) is 38.5. The number of nitrogens with one attached hydrogen (secondary N) is 2. The lowest BCUT2D eigenvalue weighted by Gasteiger charge is -2.39. The minimum absolute atomic E-state index is 0.128. The summed E-state index contributed by atoms with van der Waals surface area (Å²) < 4.78 is 2.61. The summed E-state index contributed by atoms with van der Waals surface area (Å²) >= 11 is 13.7. The van der Waals surface area contributed by atoms with Crippen LogP contribution < -0.4 is 10.2 Å². The number of piperidine rings is 1. The summed E-state index contributed by atoms with van der Waals surface area (Å²) in [5, 5.41) is 13.9. The molecule has 34 heavy (non-hydrogen) atoms. The van der Waals surface area contributed by atoms with Crippen LogP contribution in [0.1, 0.15) is 39.0 Å². The Morgan fingerprint density at radius 3 is 2.79 bits per heavy atom. The lowest BCUT2D eigenvalue weighted by atomic mass is 9.99. The number of benzene rings is 1. The Morgan fingerprint density at radius 2 is 2.12 bits per heavy atom. The number of fused-ring (bicyclic) bond motifs is 1. The molecule has 5 rings (SSSR count). The molecule has 176 valence electrons. The van der Waals surface area contributed by atoms with Gasteiger partial charge in [0, 0.05) is 31.2 Å². The topological polar surface area (TPSA) is 116 Å². The average Bonchev–Trinajstić information content (AvgIpc) is 3.55. The number of anilines is 1. The highest BCUT2D eigenvalue weighted by molar-refractivity contribution is 7.22. The number of aromatic carboxylic acids is 1. The molecule has 4 aromatic rings. The third kappa shape index (κ3) is 4.02. The molecule has 1 saturated heterocycles. The minimum Gasteiger partial charge on any atom is -0.478 e. The number of rotatable bonds is 5. The van der Waals surface area contributed by atoms with Gasteiger partial charge in [-0.25, -0.2) is 14.8 Å². The fourth-order valence-electron chi connectivity index (χ4n) is 4.25. The van der Waals surface area contributed by atoms with E-state index in [1.165, 1.54) is 11.3 Å². The maximum absolute atomic E-state index is 13.0.